The van der Waals surface area contributed by atoms with Crippen LogP contribution in [0, 0.1) is 12.3 Å². The Morgan fingerprint density at radius 1 is 1.50 bits per heavy atom. The third-order valence-electron chi connectivity index (χ3n) is 1.32. The highest BCUT2D eigenvalue weighted by molar-refractivity contribution is 7.99. The second-order valence-corrected chi connectivity index (χ2v) is 3.62. The molecule has 0 radical (unpaired) electrons. The maximum absolute atomic E-state index is 11.8. The van der Waals surface area contributed by atoms with Gasteiger partial charge >= 0.3 is 6.18 Å². The van der Waals surface area contributed by atoms with Crippen LogP contribution in [0.15, 0.2) is 0 Å². The van der Waals surface area contributed by atoms with Gasteiger partial charge in [-0.25, -0.2) is 0 Å². The molecule has 0 amide bonds. The molecule has 0 aliphatic heterocycles. The first-order valence-corrected chi connectivity index (χ1v) is 5.10. The normalized spacial score (nSPS) is 13.6. The first-order valence-electron chi connectivity index (χ1n) is 3.95. The smallest absolute Gasteiger partial charge is 0.382 e. The van der Waals surface area contributed by atoms with Crippen molar-refractivity contribution in [3.63, 3.8) is 0 Å². The van der Waals surface area contributed by atoms with E-state index in [1.54, 1.807) is 0 Å². The number of terminal acetylenes is 1. The third-order valence-corrected chi connectivity index (χ3v) is 2.19. The number of rotatable bonds is 6. The summed E-state index contributed by atoms with van der Waals surface area (Å²) in [5.74, 6) is 3.58. The van der Waals surface area contributed by atoms with Gasteiger partial charge in [0.1, 0.15) is 0 Å². The predicted octanol–water partition coefficient (Wildman–Crippen LogP) is 0.866. The molecule has 1 unspecified atom stereocenters. The lowest BCUT2D eigenvalue weighted by molar-refractivity contribution is -0.201. The van der Waals surface area contributed by atoms with E-state index in [-0.39, 0.29) is 0 Å². The van der Waals surface area contributed by atoms with Gasteiger partial charge in [-0.1, -0.05) is 5.92 Å². The molecule has 0 aliphatic carbocycles. The number of hydrogen-bond acceptors (Lipinski definition) is 3. The molecule has 0 rings (SSSR count). The van der Waals surface area contributed by atoms with Crippen molar-refractivity contribution < 1.29 is 18.3 Å². The summed E-state index contributed by atoms with van der Waals surface area (Å²) in [6.07, 6.45) is -1.87. The number of hydrogen-bond donors (Lipinski definition) is 2. The molecule has 0 saturated carbocycles. The van der Waals surface area contributed by atoms with Crippen LogP contribution < -0.4 is 5.32 Å². The lowest BCUT2D eigenvalue weighted by Gasteiger charge is -2.14. The van der Waals surface area contributed by atoms with Gasteiger partial charge in [-0.3, -0.25) is 0 Å². The standard InChI is InChI=1S/C8H12F3NOS/c1-2-4-14-5-3-12-6-7(13)8(9,10)11/h1,7,12-13H,3-6H2. The van der Waals surface area contributed by atoms with Crippen LogP contribution in [0.1, 0.15) is 0 Å². The molecule has 82 valence electrons. The maximum atomic E-state index is 11.8. The van der Waals surface area contributed by atoms with Crippen molar-refractivity contribution in [3.8, 4) is 12.3 Å². The average molecular weight is 227 g/mol. The van der Waals surface area contributed by atoms with Gasteiger partial charge < -0.3 is 10.4 Å². The zero-order chi connectivity index (χ0) is 11.0. The van der Waals surface area contributed by atoms with Crippen LogP contribution >= 0.6 is 11.8 Å². The Morgan fingerprint density at radius 2 is 2.14 bits per heavy atom. The minimum absolute atomic E-state index is 0.402. The first-order chi connectivity index (χ1) is 6.48. The molecule has 2 nitrogen and oxygen atoms in total. The van der Waals surface area contributed by atoms with Crippen molar-refractivity contribution in [2.75, 3.05) is 24.6 Å². The molecule has 0 aromatic carbocycles. The Hall–Kier alpha value is -0.380. The molecule has 0 aromatic heterocycles. The maximum Gasteiger partial charge on any atom is 0.415 e. The summed E-state index contributed by atoms with van der Waals surface area (Å²) >= 11 is 1.45. The van der Waals surface area contributed by atoms with E-state index < -0.39 is 18.8 Å². The van der Waals surface area contributed by atoms with Crippen LogP contribution in [0.5, 0.6) is 0 Å². The highest BCUT2D eigenvalue weighted by atomic mass is 32.2. The number of nitrogens with one attached hydrogen (secondary N) is 1. The molecule has 14 heavy (non-hydrogen) atoms. The molecule has 0 fully saturated rings. The summed E-state index contributed by atoms with van der Waals surface area (Å²) < 4.78 is 35.3. The van der Waals surface area contributed by atoms with Crippen molar-refractivity contribution in [1.82, 2.24) is 5.32 Å². The zero-order valence-electron chi connectivity index (χ0n) is 7.47. The monoisotopic (exact) mass is 227 g/mol. The summed E-state index contributed by atoms with van der Waals surface area (Å²) in [6, 6.07) is 0. The van der Waals surface area contributed by atoms with E-state index in [1.165, 1.54) is 11.8 Å². The summed E-state index contributed by atoms with van der Waals surface area (Å²) in [6.45, 7) is -0.0698. The van der Waals surface area contributed by atoms with Gasteiger partial charge in [0.15, 0.2) is 6.10 Å². The highest BCUT2D eigenvalue weighted by Gasteiger charge is 2.37. The molecular formula is C8H12F3NOS. The number of alkyl halides is 3. The van der Waals surface area contributed by atoms with E-state index in [0.717, 1.165) is 0 Å². The Bertz CT molecular complexity index is 190. The van der Waals surface area contributed by atoms with Crippen molar-refractivity contribution in [3.05, 3.63) is 0 Å². The summed E-state index contributed by atoms with van der Waals surface area (Å²) in [7, 11) is 0. The van der Waals surface area contributed by atoms with Gasteiger partial charge in [0.25, 0.3) is 0 Å². The second kappa shape index (κ2) is 6.98. The van der Waals surface area contributed by atoms with Crippen molar-refractivity contribution >= 4 is 11.8 Å². The molecule has 0 bridgehead atoms. The van der Waals surface area contributed by atoms with Gasteiger partial charge in [0.05, 0.1) is 5.75 Å². The summed E-state index contributed by atoms with van der Waals surface area (Å²) in [5.41, 5.74) is 0. The first kappa shape index (κ1) is 13.6. The lowest BCUT2D eigenvalue weighted by atomic mass is 10.3. The van der Waals surface area contributed by atoms with E-state index in [2.05, 4.69) is 11.2 Å². The fourth-order valence-corrected chi connectivity index (χ4v) is 1.18. The highest BCUT2D eigenvalue weighted by Crippen LogP contribution is 2.18. The van der Waals surface area contributed by atoms with E-state index in [1.807, 2.05) is 0 Å². The Kier molecular flexibility index (Phi) is 6.79. The van der Waals surface area contributed by atoms with Crippen molar-refractivity contribution in [2.24, 2.45) is 0 Å². The van der Waals surface area contributed by atoms with Crippen LogP contribution in [-0.2, 0) is 0 Å². The molecular weight excluding hydrogens is 215 g/mol. The molecule has 0 spiro atoms. The molecule has 0 aromatic rings. The second-order valence-electron chi connectivity index (χ2n) is 2.52. The van der Waals surface area contributed by atoms with Crippen molar-refractivity contribution in [1.29, 1.82) is 0 Å². The van der Waals surface area contributed by atoms with Crippen LogP contribution in [0.3, 0.4) is 0 Å². The predicted molar refractivity (Wildman–Crippen MR) is 51.1 cm³/mol. The number of halogens is 3. The molecule has 0 heterocycles. The minimum Gasteiger partial charge on any atom is -0.382 e. The zero-order valence-corrected chi connectivity index (χ0v) is 8.29. The molecule has 1 atom stereocenters. The van der Waals surface area contributed by atoms with Crippen LogP contribution in [0.25, 0.3) is 0 Å². The van der Waals surface area contributed by atoms with Crippen molar-refractivity contribution in [2.45, 2.75) is 12.3 Å². The molecule has 2 N–H and O–H groups in total. The Labute approximate surface area is 85.3 Å². The number of thioether (sulfide) groups is 1. The van der Waals surface area contributed by atoms with Crippen LogP contribution in [0.2, 0.25) is 0 Å². The molecule has 0 saturated heterocycles. The van der Waals surface area contributed by atoms with E-state index >= 15 is 0 Å². The van der Waals surface area contributed by atoms with Crippen LogP contribution in [0.4, 0.5) is 13.2 Å². The quantitative estimate of drug-likeness (QED) is 0.521. The third kappa shape index (κ3) is 7.06. The van der Waals surface area contributed by atoms with Gasteiger partial charge in [0, 0.05) is 18.8 Å². The van der Waals surface area contributed by atoms with Gasteiger partial charge in [-0.15, -0.1) is 18.2 Å². The SMILES string of the molecule is C#CCSCCNCC(O)C(F)(F)F. The van der Waals surface area contributed by atoms with E-state index in [9.17, 15) is 13.2 Å². The largest absolute Gasteiger partial charge is 0.415 e. The lowest BCUT2D eigenvalue weighted by Crippen LogP contribution is -2.39. The topological polar surface area (TPSA) is 32.3 Å². The molecule has 6 heteroatoms. The number of aliphatic hydroxyl groups excluding tert-OH is 1. The van der Waals surface area contributed by atoms with Gasteiger partial charge in [-0.2, -0.15) is 13.2 Å². The summed E-state index contributed by atoms with van der Waals surface area (Å²) in [5, 5.41) is 11.1. The van der Waals surface area contributed by atoms with Crippen LogP contribution in [-0.4, -0.2) is 42.0 Å². The summed E-state index contributed by atoms with van der Waals surface area (Å²) in [4.78, 5) is 0. The molecule has 0 aliphatic rings. The Morgan fingerprint density at radius 3 is 2.64 bits per heavy atom. The minimum atomic E-state index is -4.54. The fraction of sp³-hybridized carbons (Fsp3) is 0.750. The van der Waals surface area contributed by atoms with Gasteiger partial charge in [0.2, 0.25) is 0 Å². The van der Waals surface area contributed by atoms with E-state index in [0.29, 0.717) is 18.1 Å². The van der Waals surface area contributed by atoms with E-state index in [4.69, 9.17) is 11.5 Å². The Balaban J connectivity index is 3.33. The van der Waals surface area contributed by atoms with Gasteiger partial charge in [-0.05, 0) is 0 Å². The fourth-order valence-electron chi connectivity index (χ4n) is 0.630. The average Bonchev–Trinajstić information content (AvgIpc) is 2.09. The number of aliphatic hydroxyl groups is 1.